The second kappa shape index (κ2) is 4.36. The van der Waals surface area contributed by atoms with Crippen molar-refractivity contribution in [3.05, 3.63) is 28.7 Å². The van der Waals surface area contributed by atoms with E-state index in [4.69, 9.17) is 10.5 Å². The summed E-state index contributed by atoms with van der Waals surface area (Å²) < 4.78 is 6.20. The second-order valence-corrected chi connectivity index (χ2v) is 2.85. The van der Waals surface area contributed by atoms with E-state index in [9.17, 15) is 0 Å². The molecule has 0 saturated carbocycles. The maximum atomic E-state index is 5.29. The summed E-state index contributed by atoms with van der Waals surface area (Å²) >= 11 is 3.33. The molecule has 1 aromatic rings. The van der Waals surface area contributed by atoms with Gasteiger partial charge in [0.15, 0.2) is 0 Å². The second-order valence-electron chi connectivity index (χ2n) is 1.99. The summed E-state index contributed by atoms with van der Waals surface area (Å²) in [6.07, 6.45) is 0. The fraction of sp³-hybridized carbons (Fsp3) is 0.250. The molecule has 0 aliphatic heterocycles. The average Bonchev–Trinajstić information content (AvgIpc) is 2.03. The molecule has 0 saturated heterocycles. The van der Waals surface area contributed by atoms with Gasteiger partial charge < -0.3 is 10.5 Å². The van der Waals surface area contributed by atoms with E-state index in [1.807, 2.05) is 12.1 Å². The summed E-state index contributed by atoms with van der Waals surface area (Å²) in [6, 6.07) is 8.38. The molecule has 0 aliphatic rings. The van der Waals surface area contributed by atoms with Crippen LogP contribution in [0.15, 0.2) is 22.7 Å². The smallest absolute Gasteiger partial charge is 0.133 e. The van der Waals surface area contributed by atoms with Crippen LogP contribution in [0.25, 0.3) is 0 Å². The van der Waals surface area contributed by atoms with Crippen LogP contribution in [0.1, 0.15) is 0 Å². The predicted molar refractivity (Wildman–Crippen MR) is 47.5 cm³/mol. The molecular formula is C8H9BrNO. The third-order valence-electron chi connectivity index (χ3n) is 1.15. The lowest BCUT2D eigenvalue weighted by atomic mass is 10.3. The van der Waals surface area contributed by atoms with E-state index in [-0.39, 0.29) is 0 Å². The Bertz CT molecular complexity index is 227. The molecule has 0 spiro atoms. The maximum Gasteiger partial charge on any atom is 0.133 e. The summed E-state index contributed by atoms with van der Waals surface area (Å²) in [4.78, 5) is 0. The van der Waals surface area contributed by atoms with Crippen molar-refractivity contribution in [2.75, 3.05) is 13.2 Å². The quantitative estimate of drug-likeness (QED) is 0.830. The number of nitrogens with two attached hydrogens (primary N) is 1. The van der Waals surface area contributed by atoms with Crippen molar-refractivity contribution < 1.29 is 4.74 Å². The molecule has 0 atom stereocenters. The normalized spacial score (nSPS) is 9.64. The van der Waals surface area contributed by atoms with E-state index >= 15 is 0 Å². The van der Waals surface area contributed by atoms with E-state index in [1.54, 1.807) is 6.07 Å². The van der Waals surface area contributed by atoms with Crippen LogP contribution < -0.4 is 10.5 Å². The topological polar surface area (TPSA) is 35.2 Å². The Hall–Kier alpha value is -0.540. The molecule has 0 unspecified atom stereocenters. The van der Waals surface area contributed by atoms with Crippen LogP contribution >= 0.6 is 15.9 Å². The monoisotopic (exact) mass is 214 g/mol. The Morgan fingerprint density at radius 2 is 2.45 bits per heavy atom. The lowest BCUT2D eigenvalue weighted by molar-refractivity contribution is 0.326. The van der Waals surface area contributed by atoms with Gasteiger partial charge in [-0.2, -0.15) is 0 Å². The van der Waals surface area contributed by atoms with Gasteiger partial charge >= 0.3 is 0 Å². The van der Waals surface area contributed by atoms with Gasteiger partial charge in [-0.15, -0.1) is 0 Å². The molecule has 1 rings (SSSR count). The highest BCUT2D eigenvalue weighted by Crippen LogP contribution is 2.22. The highest BCUT2D eigenvalue weighted by molar-refractivity contribution is 9.10. The van der Waals surface area contributed by atoms with Crippen LogP contribution in [-0.2, 0) is 0 Å². The summed E-state index contributed by atoms with van der Waals surface area (Å²) in [6.45, 7) is 1.08. The molecule has 0 bridgehead atoms. The minimum absolute atomic E-state index is 0.533. The summed E-state index contributed by atoms with van der Waals surface area (Å²) in [7, 11) is 0. The molecule has 0 heterocycles. The van der Waals surface area contributed by atoms with Crippen molar-refractivity contribution >= 4 is 15.9 Å². The summed E-state index contributed by atoms with van der Waals surface area (Å²) in [5, 5.41) is 0. The van der Waals surface area contributed by atoms with Crippen LogP contribution in [0.2, 0.25) is 0 Å². The molecule has 1 radical (unpaired) electrons. The van der Waals surface area contributed by atoms with Crippen molar-refractivity contribution in [3.8, 4) is 5.75 Å². The van der Waals surface area contributed by atoms with E-state index in [0.29, 0.717) is 13.2 Å². The van der Waals surface area contributed by atoms with Crippen LogP contribution in [0.3, 0.4) is 0 Å². The van der Waals surface area contributed by atoms with Gasteiger partial charge in [0.05, 0.1) is 4.47 Å². The SMILES string of the molecule is NCCOc1cc[c]cc1Br. The first-order chi connectivity index (χ1) is 5.34. The van der Waals surface area contributed by atoms with Crippen LogP contribution in [0.5, 0.6) is 5.75 Å². The van der Waals surface area contributed by atoms with Gasteiger partial charge in [-0.05, 0) is 34.1 Å². The van der Waals surface area contributed by atoms with Gasteiger partial charge in [-0.1, -0.05) is 6.07 Å². The first kappa shape index (κ1) is 8.56. The highest BCUT2D eigenvalue weighted by atomic mass is 79.9. The zero-order chi connectivity index (χ0) is 8.10. The maximum absolute atomic E-state index is 5.29. The van der Waals surface area contributed by atoms with Crippen molar-refractivity contribution in [1.29, 1.82) is 0 Å². The van der Waals surface area contributed by atoms with Gasteiger partial charge in [-0.3, -0.25) is 0 Å². The molecule has 0 fully saturated rings. The molecule has 0 amide bonds. The lowest BCUT2D eigenvalue weighted by Gasteiger charge is -2.04. The fourth-order valence-electron chi connectivity index (χ4n) is 0.682. The van der Waals surface area contributed by atoms with Crippen LogP contribution in [0, 0.1) is 6.07 Å². The molecule has 2 nitrogen and oxygen atoms in total. The minimum Gasteiger partial charge on any atom is -0.491 e. The molecule has 59 valence electrons. The third kappa shape index (κ3) is 2.52. The predicted octanol–water partition coefficient (Wildman–Crippen LogP) is 1.59. The lowest BCUT2D eigenvalue weighted by Crippen LogP contribution is -2.10. The van der Waals surface area contributed by atoms with Crippen LogP contribution in [0.4, 0.5) is 0 Å². The first-order valence-corrected chi connectivity index (χ1v) is 4.12. The molecule has 11 heavy (non-hydrogen) atoms. The highest BCUT2D eigenvalue weighted by Gasteiger charge is 1.96. The van der Waals surface area contributed by atoms with Crippen molar-refractivity contribution in [3.63, 3.8) is 0 Å². The minimum atomic E-state index is 0.533. The van der Waals surface area contributed by atoms with E-state index in [1.165, 1.54) is 0 Å². The Morgan fingerprint density at radius 1 is 1.64 bits per heavy atom. The number of ether oxygens (including phenoxy) is 1. The largest absolute Gasteiger partial charge is 0.491 e. The third-order valence-corrected chi connectivity index (χ3v) is 1.77. The van der Waals surface area contributed by atoms with E-state index in [0.717, 1.165) is 10.2 Å². The van der Waals surface area contributed by atoms with E-state index < -0.39 is 0 Å². The van der Waals surface area contributed by atoms with Gasteiger partial charge in [0.2, 0.25) is 0 Å². The molecular weight excluding hydrogens is 206 g/mol. The number of halogens is 1. The summed E-state index contributed by atoms with van der Waals surface area (Å²) in [5.41, 5.74) is 5.28. The molecule has 2 N–H and O–H groups in total. The van der Waals surface area contributed by atoms with Crippen LogP contribution in [-0.4, -0.2) is 13.2 Å². The van der Waals surface area contributed by atoms with Gasteiger partial charge in [0.1, 0.15) is 12.4 Å². The van der Waals surface area contributed by atoms with Gasteiger partial charge in [0.25, 0.3) is 0 Å². The number of rotatable bonds is 3. The number of benzene rings is 1. The first-order valence-electron chi connectivity index (χ1n) is 3.33. The van der Waals surface area contributed by atoms with Gasteiger partial charge in [0, 0.05) is 6.54 Å². The molecule has 0 aliphatic carbocycles. The summed E-state index contributed by atoms with van der Waals surface area (Å²) in [5.74, 6) is 0.814. The molecule has 3 heteroatoms. The Kier molecular flexibility index (Phi) is 3.39. The fourth-order valence-corrected chi connectivity index (χ4v) is 1.06. The zero-order valence-electron chi connectivity index (χ0n) is 6.01. The Labute approximate surface area is 74.5 Å². The van der Waals surface area contributed by atoms with Crippen molar-refractivity contribution in [2.24, 2.45) is 5.73 Å². The standard InChI is InChI=1S/C8H9BrNO/c9-7-3-1-2-4-8(7)11-6-5-10/h2-4H,5-6,10H2. The zero-order valence-corrected chi connectivity index (χ0v) is 7.60. The van der Waals surface area contributed by atoms with Crippen molar-refractivity contribution in [2.45, 2.75) is 0 Å². The molecule has 1 aromatic carbocycles. The van der Waals surface area contributed by atoms with E-state index in [2.05, 4.69) is 22.0 Å². The van der Waals surface area contributed by atoms with Crippen molar-refractivity contribution in [1.82, 2.24) is 0 Å². The Morgan fingerprint density at radius 3 is 3.09 bits per heavy atom. The number of hydrogen-bond donors (Lipinski definition) is 1. The van der Waals surface area contributed by atoms with Gasteiger partial charge in [-0.25, -0.2) is 0 Å². The average molecular weight is 215 g/mol. The Balaban J connectivity index is 2.62. The molecule has 0 aromatic heterocycles. The number of hydrogen-bond acceptors (Lipinski definition) is 2.